The van der Waals surface area contributed by atoms with E-state index in [0.29, 0.717) is 17.6 Å². The Morgan fingerprint density at radius 2 is 0.750 bits per heavy atom. The average molecular weight is 321 g/mol. The molecule has 0 aromatic carbocycles. The van der Waals surface area contributed by atoms with Crippen molar-refractivity contribution in [3.63, 3.8) is 0 Å². The Labute approximate surface area is 111 Å². The van der Waals surface area contributed by atoms with E-state index in [-0.39, 0.29) is 19.8 Å². The minimum Gasteiger partial charge on any atom is -0.854 e. The lowest BCUT2D eigenvalue weighted by Crippen LogP contribution is -2.18. The van der Waals surface area contributed by atoms with Gasteiger partial charge in [0, 0.05) is 17.6 Å². The smallest absolute Gasteiger partial charge is 0.0566 e. The van der Waals surface area contributed by atoms with Crippen LogP contribution in [-0.4, -0.2) is 52.8 Å². The number of hydrogen-bond acceptors (Lipinski definition) is 6. The first kappa shape index (κ1) is 25.8. The SMILES string of the molecule is OCCCl.OCCCl.OCCCl.[O-]P([O-])[O-]. The van der Waals surface area contributed by atoms with Crippen LogP contribution in [0.4, 0.5) is 0 Å². The number of hydrogen-bond donors (Lipinski definition) is 3. The summed E-state index contributed by atoms with van der Waals surface area (Å²) < 4.78 is 0. The van der Waals surface area contributed by atoms with Crippen LogP contribution in [0, 0.1) is 0 Å². The number of rotatable bonds is 3. The quantitative estimate of drug-likeness (QED) is 0.405. The van der Waals surface area contributed by atoms with Gasteiger partial charge in [0.25, 0.3) is 0 Å². The number of halogens is 3. The van der Waals surface area contributed by atoms with Gasteiger partial charge in [-0.05, 0) is 0 Å². The molecule has 104 valence electrons. The van der Waals surface area contributed by atoms with E-state index in [9.17, 15) is 0 Å². The third kappa shape index (κ3) is 181. The zero-order chi connectivity index (χ0) is 13.8. The first-order valence-corrected chi connectivity index (χ1v) is 6.50. The Hall–Kier alpha value is 1.06. The predicted molar refractivity (Wildman–Crippen MR) is 60.3 cm³/mol. The van der Waals surface area contributed by atoms with Crippen LogP contribution in [-0.2, 0) is 0 Å². The van der Waals surface area contributed by atoms with Gasteiger partial charge in [-0.3, -0.25) is 0 Å². The Bertz CT molecular complexity index is 65.0. The Kier molecular flexibility index (Phi) is 58.0. The van der Waals surface area contributed by atoms with Gasteiger partial charge in [-0.15, -0.1) is 34.8 Å². The summed E-state index contributed by atoms with van der Waals surface area (Å²) in [5, 5.41) is 23.2. The molecule has 10 heteroatoms. The number of aliphatic hydroxyl groups is 3. The van der Waals surface area contributed by atoms with Gasteiger partial charge in [0.15, 0.2) is 0 Å². The molecule has 3 N–H and O–H groups in total. The number of alkyl halides is 3. The van der Waals surface area contributed by atoms with E-state index in [1.54, 1.807) is 0 Å². The fourth-order valence-electron chi connectivity index (χ4n) is 0. The maximum absolute atomic E-state index is 8.48. The number of aliphatic hydroxyl groups excluding tert-OH is 3. The summed E-state index contributed by atoms with van der Waals surface area (Å²) in [4.78, 5) is 25.4. The molecule has 0 amide bonds. The molecule has 0 saturated heterocycles. The van der Waals surface area contributed by atoms with E-state index in [1.807, 2.05) is 0 Å². The molecule has 0 saturated carbocycles. The normalized spacial score (nSPS) is 7.88. The molecule has 6 nitrogen and oxygen atoms in total. The molecule has 0 rings (SSSR count). The fourth-order valence-corrected chi connectivity index (χ4v) is 0. The van der Waals surface area contributed by atoms with Crippen molar-refractivity contribution in [2.45, 2.75) is 0 Å². The minimum atomic E-state index is -3.37. The largest absolute Gasteiger partial charge is 0.854 e. The van der Waals surface area contributed by atoms with Crippen molar-refractivity contribution >= 4 is 43.4 Å². The molecule has 0 radical (unpaired) electrons. The van der Waals surface area contributed by atoms with E-state index in [2.05, 4.69) is 0 Å². The summed E-state index contributed by atoms with van der Waals surface area (Å²) in [5.74, 6) is 1.04. The van der Waals surface area contributed by atoms with Gasteiger partial charge in [-0.25, -0.2) is 0 Å². The molecule has 0 bridgehead atoms. The monoisotopic (exact) mass is 319 g/mol. The second-order valence-corrected chi connectivity index (χ2v) is 3.04. The van der Waals surface area contributed by atoms with Gasteiger partial charge >= 0.3 is 0 Å². The van der Waals surface area contributed by atoms with Crippen molar-refractivity contribution in [2.75, 3.05) is 37.5 Å². The van der Waals surface area contributed by atoms with Crippen LogP contribution in [0.15, 0.2) is 0 Å². The first-order valence-electron chi connectivity index (χ1n) is 3.80. The van der Waals surface area contributed by atoms with Gasteiger partial charge in [0.05, 0.1) is 19.8 Å². The Morgan fingerprint density at radius 1 is 0.688 bits per heavy atom. The van der Waals surface area contributed by atoms with Crippen LogP contribution in [0.2, 0.25) is 0 Å². The van der Waals surface area contributed by atoms with Crippen LogP contribution in [0.1, 0.15) is 0 Å². The van der Waals surface area contributed by atoms with Crippen molar-refractivity contribution in [3.8, 4) is 0 Å². The lowest BCUT2D eigenvalue weighted by molar-refractivity contribution is -0.407. The van der Waals surface area contributed by atoms with Gasteiger partial charge in [-0.2, -0.15) is 0 Å². The van der Waals surface area contributed by atoms with Gasteiger partial charge in [0.1, 0.15) is 0 Å². The van der Waals surface area contributed by atoms with Crippen molar-refractivity contribution < 1.29 is 30.0 Å². The maximum atomic E-state index is 8.48. The Balaban J connectivity index is -0.0000000600. The molecule has 0 spiro atoms. The molecule has 0 atom stereocenters. The van der Waals surface area contributed by atoms with Gasteiger partial charge in [0.2, 0.25) is 0 Å². The standard InChI is InChI=1S/3C2H5ClO.O3P/c3*3-1-2-4;1-4(2)3/h3*4H,1-2H2;/q;;;-3. The molecule has 0 aliphatic carbocycles. The summed E-state index contributed by atoms with van der Waals surface area (Å²) in [6, 6.07) is 0. The van der Waals surface area contributed by atoms with Crippen LogP contribution in [0.25, 0.3) is 0 Å². The highest BCUT2D eigenvalue weighted by atomic mass is 35.5. The van der Waals surface area contributed by atoms with Crippen LogP contribution >= 0.6 is 43.4 Å². The molecular formula is C6H15Cl3O6P-3. The average Bonchev–Trinajstić information content (AvgIpc) is 2.28. The summed E-state index contributed by atoms with van der Waals surface area (Å²) in [6.45, 7) is 0.255. The van der Waals surface area contributed by atoms with E-state index in [1.165, 1.54) is 0 Å². The molecule has 0 aliphatic heterocycles. The highest BCUT2D eigenvalue weighted by Crippen LogP contribution is 1.85. The third-order valence-corrected chi connectivity index (χ3v) is 0.761. The second-order valence-electron chi connectivity index (χ2n) is 1.46. The van der Waals surface area contributed by atoms with Crippen LogP contribution < -0.4 is 14.7 Å². The summed E-state index contributed by atoms with van der Waals surface area (Å²) >= 11 is 14.8. The predicted octanol–water partition coefficient (Wildman–Crippen LogP) is -2.05. The molecule has 0 fully saturated rings. The van der Waals surface area contributed by atoms with Crippen LogP contribution in [0.5, 0.6) is 0 Å². The lowest BCUT2D eigenvalue weighted by Gasteiger charge is -2.39. The van der Waals surface area contributed by atoms with Crippen molar-refractivity contribution in [1.82, 2.24) is 0 Å². The topological polar surface area (TPSA) is 130 Å². The lowest BCUT2D eigenvalue weighted by atomic mass is 10.9. The third-order valence-electron chi connectivity index (χ3n) is 0.254. The zero-order valence-electron chi connectivity index (χ0n) is 8.39. The van der Waals surface area contributed by atoms with Gasteiger partial charge in [-0.1, -0.05) is 0 Å². The molecule has 0 heterocycles. The van der Waals surface area contributed by atoms with Crippen LogP contribution in [0.3, 0.4) is 0 Å². The van der Waals surface area contributed by atoms with Crippen molar-refractivity contribution in [3.05, 3.63) is 0 Å². The summed E-state index contributed by atoms with van der Waals surface area (Å²) in [6.07, 6.45) is 0. The van der Waals surface area contributed by atoms with E-state index >= 15 is 0 Å². The second kappa shape index (κ2) is 36.0. The van der Waals surface area contributed by atoms with E-state index < -0.39 is 8.60 Å². The molecule has 0 aromatic heterocycles. The zero-order valence-corrected chi connectivity index (χ0v) is 11.6. The van der Waals surface area contributed by atoms with E-state index in [0.717, 1.165) is 0 Å². The Morgan fingerprint density at radius 3 is 0.750 bits per heavy atom. The molecule has 0 aliphatic rings. The van der Waals surface area contributed by atoms with Gasteiger partial charge < -0.3 is 38.6 Å². The molecule has 16 heavy (non-hydrogen) atoms. The molecule has 0 aromatic rings. The van der Waals surface area contributed by atoms with Crippen molar-refractivity contribution in [2.24, 2.45) is 0 Å². The highest BCUT2D eigenvalue weighted by molar-refractivity contribution is 7.33. The fraction of sp³-hybridized carbons (Fsp3) is 1.00. The van der Waals surface area contributed by atoms with E-state index in [4.69, 9.17) is 64.8 Å². The minimum absolute atomic E-state index is 0.0849. The first-order chi connectivity index (χ1) is 7.47. The maximum Gasteiger partial charge on any atom is 0.0566 e. The molecular weight excluding hydrogens is 305 g/mol. The molecule has 0 unspecified atom stereocenters. The highest BCUT2D eigenvalue weighted by Gasteiger charge is 1.60. The summed E-state index contributed by atoms with van der Waals surface area (Å²) in [5.41, 5.74) is 0. The van der Waals surface area contributed by atoms with Crippen molar-refractivity contribution in [1.29, 1.82) is 0 Å². The summed E-state index contributed by atoms with van der Waals surface area (Å²) in [7, 11) is -3.37.